The number of hydrogen-bond donors (Lipinski definition) is 2. The Labute approximate surface area is 199 Å². The molecule has 170 valence electrons. The lowest BCUT2D eigenvalue weighted by atomic mass is 9.90. The van der Waals surface area contributed by atoms with E-state index in [0.717, 1.165) is 21.2 Å². The predicted molar refractivity (Wildman–Crippen MR) is 125 cm³/mol. The molecule has 1 saturated heterocycles. The minimum absolute atomic E-state index is 0.0170. The molecule has 33 heavy (non-hydrogen) atoms. The zero-order chi connectivity index (χ0) is 23.4. The van der Waals surface area contributed by atoms with Crippen molar-refractivity contribution >= 4 is 44.8 Å². The first-order chi connectivity index (χ1) is 15.7. The fourth-order valence-corrected chi connectivity index (χ4v) is 8.01. The van der Waals surface area contributed by atoms with Crippen LogP contribution in [0.5, 0.6) is 0 Å². The highest BCUT2D eigenvalue weighted by Gasteiger charge is 2.79. The molecular weight excluding hydrogens is 484 g/mol. The molecule has 1 aliphatic heterocycles. The number of nitrogens with one attached hydrogen (secondary N) is 1. The van der Waals surface area contributed by atoms with Gasteiger partial charge in [0.15, 0.2) is 0 Å². The molecule has 7 nitrogen and oxygen atoms in total. The topological polar surface area (TPSA) is 104 Å². The smallest absolute Gasteiger partial charge is 0.326 e. The number of thiophene rings is 1. The van der Waals surface area contributed by atoms with Crippen LogP contribution in [0.1, 0.15) is 12.0 Å². The monoisotopic (exact) mass is 502 g/mol. The van der Waals surface area contributed by atoms with Crippen LogP contribution in [0.3, 0.4) is 0 Å². The highest BCUT2D eigenvalue weighted by molar-refractivity contribution is 7.91. The van der Waals surface area contributed by atoms with Crippen LogP contribution in [0.25, 0.3) is 10.4 Å². The Kier molecular flexibility index (Phi) is 5.13. The molecule has 0 bridgehead atoms. The van der Waals surface area contributed by atoms with E-state index in [1.54, 1.807) is 60.7 Å². The average Bonchev–Trinajstić information content (AvgIpc) is 3.27. The molecule has 1 saturated carbocycles. The summed E-state index contributed by atoms with van der Waals surface area (Å²) in [4.78, 5) is 25.9. The molecule has 2 heterocycles. The van der Waals surface area contributed by atoms with E-state index >= 15 is 0 Å². The van der Waals surface area contributed by atoms with Crippen LogP contribution < -0.4 is 5.32 Å². The van der Waals surface area contributed by atoms with Gasteiger partial charge in [0.05, 0.1) is 6.54 Å². The van der Waals surface area contributed by atoms with E-state index in [1.165, 1.54) is 6.07 Å². The molecule has 2 fully saturated rings. The van der Waals surface area contributed by atoms with Gasteiger partial charge in [0.2, 0.25) is 5.91 Å². The number of carboxylic acid groups (broad SMARTS) is 1. The fraction of sp³-hybridized carbons (Fsp3) is 0.217. The summed E-state index contributed by atoms with van der Waals surface area (Å²) < 4.78 is 28.4. The second-order valence-corrected chi connectivity index (χ2v) is 11.8. The molecule has 1 aromatic heterocycles. The lowest BCUT2D eigenvalue weighted by Crippen LogP contribution is -2.52. The van der Waals surface area contributed by atoms with Gasteiger partial charge < -0.3 is 10.4 Å². The lowest BCUT2D eigenvalue weighted by Gasteiger charge is -2.29. The number of carbonyl (C=O) groups is 2. The molecule has 5 rings (SSSR count). The molecule has 1 aliphatic carbocycles. The number of benzene rings is 2. The molecule has 1 amide bonds. The number of nitrogens with zero attached hydrogens (tertiary/aromatic N) is 1. The Balaban J connectivity index is 1.60. The van der Waals surface area contributed by atoms with E-state index in [9.17, 15) is 23.1 Å². The van der Waals surface area contributed by atoms with Crippen molar-refractivity contribution in [3.63, 3.8) is 0 Å². The SMILES string of the molecule is O=C1CN(S(=O)(=O)c2ccc(-c3ccc(Cl)cc3)s2)[C@]2(C(=O)O)C[C@]2(c2ccccc2)CN1. The van der Waals surface area contributed by atoms with E-state index in [2.05, 4.69) is 5.32 Å². The van der Waals surface area contributed by atoms with Crippen molar-refractivity contribution in [2.75, 3.05) is 13.1 Å². The van der Waals surface area contributed by atoms with Crippen LogP contribution in [0.15, 0.2) is 70.9 Å². The van der Waals surface area contributed by atoms with Gasteiger partial charge in [-0.2, -0.15) is 4.31 Å². The highest BCUT2D eigenvalue weighted by Crippen LogP contribution is 2.63. The van der Waals surface area contributed by atoms with Crippen molar-refractivity contribution in [3.05, 3.63) is 77.3 Å². The van der Waals surface area contributed by atoms with Gasteiger partial charge in [-0.3, -0.25) is 9.59 Å². The zero-order valence-electron chi connectivity index (χ0n) is 17.2. The quantitative estimate of drug-likeness (QED) is 0.557. The summed E-state index contributed by atoms with van der Waals surface area (Å²) in [6.07, 6.45) is 0.0777. The summed E-state index contributed by atoms with van der Waals surface area (Å²) in [5, 5.41) is 13.6. The van der Waals surface area contributed by atoms with E-state index in [4.69, 9.17) is 11.6 Å². The summed E-state index contributed by atoms with van der Waals surface area (Å²) in [5.41, 5.74) is -1.33. The minimum Gasteiger partial charge on any atom is -0.480 e. The van der Waals surface area contributed by atoms with Crippen LogP contribution in [0, 0.1) is 0 Å². The van der Waals surface area contributed by atoms with Crippen molar-refractivity contribution in [2.24, 2.45) is 0 Å². The second kappa shape index (κ2) is 7.66. The summed E-state index contributed by atoms with van der Waals surface area (Å²) in [6.45, 7) is -0.508. The Morgan fingerprint density at radius 3 is 2.42 bits per heavy atom. The first-order valence-electron chi connectivity index (χ1n) is 10.1. The van der Waals surface area contributed by atoms with Crippen molar-refractivity contribution in [1.29, 1.82) is 0 Å². The maximum Gasteiger partial charge on any atom is 0.326 e. The molecule has 2 aromatic carbocycles. The third kappa shape index (κ3) is 3.30. The van der Waals surface area contributed by atoms with Crippen molar-refractivity contribution < 1.29 is 23.1 Å². The molecule has 2 atom stereocenters. The van der Waals surface area contributed by atoms with Crippen LogP contribution in [-0.2, 0) is 25.0 Å². The summed E-state index contributed by atoms with van der Waals surface area (Å²) in [7, 11) is -4.29. The molecule has 0 unspecified atom stereocenters. The first-order valence-corrected chi connectivity index (χ1v) is 12.8. The predicted octanol–water partition coefficient (Wildman–Crippen LogP) is 3.35. The third-order valence-corrected chi connectivity index (χ3v) is 10.2. The van der Waals surface area contributed by atoms with Gasteiger partial charge in [-0.05, 0) is 41.8 Å². The molecule has 0 radical (unpaired) electrons. The number of fused-ring (bicyclic) bond motifs is 1. The minimum atomic E-state index is -4.29. The van der Waals surface area contributed by atoms with Gasteiger partial charge in [0, 0.05) is 21.9 Å². The van der Waals surface area contributed by atoms with Gasteiger partial charge in [0.25, 0.3) is 10.0 Å². The van der Waals surface area contributed by atoms with Crippen LogP contribution in [0.4, 0.5) is 0 Å². The number of carboxylic acids is 1. The summed E-state index contributed by atoms with van der Waals surface area (Å²) in [6, 6.07) is 19.0. The van der Waals surface area contributed by atoms with Gasteiger partial charge in [-0.25, -0.2) is 8.42 Å². The van der Waals surface area contributed by atoms with Crippen LogP contribution >= 0.6 is 22.9 Å². The third-order valence-electron chi connectivity index (χ3n) is 6.46. The Bertz CT molecular complexity index is 1360. The summed E-state index contributed by atoms with van der Waals surface area (Å²) in [5.74, 6) is -1.79. The first kappa shape index (κ1) is 22.1. The molecule has 0 spiro atoms. The van der Waals surface area contributed by atoms with Gasteiger partial charge in [-0.1, -0.05) is 54.1 Å². The number of carbonyl (C=O) groups excluding carboxylic acids is 1. The number of aliphatic carboxylic acids is 1. The van der Waals surface area contributed by atoms with Crippen molar-refractivity contribution in [2.45, 2.75) is 21.6 Å². The van der Waals surface area contributed by atoms with E-state index in [-0.39, 0.29) is 17.2 Å². The highest BCUT2D eigenvalue weighted by atomic mass is 35.5. The Morgan fingerprint density at radius 1 is 1.06 bits per heavy atom. The van der Waals surface area contributed by atoms with Gasteiger partial charge in [-0.15, -0.1) is 11.3 Å². The maximum atomic E-state index is 13.8. The van der Waals surface area contributed by atoms with Crippen LogP contribution in [-0.4, -0.2) is 48.3 Å². The largest absolute Gasteiger partial charge is 0.480 e. The van der Waals surface area contributed by atoms with E-state index in [0.29, 0.717) is 15.5 Å². The van der Waals surface area contributed by atoms with Gasteiger partial charge >= 0.3 is 5.97 Å². The summed E-state index contributed by atoms with van der Waals surface area (Å²) >= 11 is 6.97. The van der Waals surface area contributed by atoms with Gasteiger partial charge in [0.1, 0.15) is 9.75 Å². The molecule has 10 heteroatoms. The molecular formula is C23H19ClN2O5S2. The average molecular weight is 503 g/mol. The zero-order valence-corrected chi connectivity index (χ0v) is 19.6. The number of amides is 1. The number of rotatable bonds is 5. The number of sulfonamides is 1. The lowest BCUT2D eigenvalue weighted by molar-refractivity contribution is -0.143. The normalized spacial score (nSPS) is 25.1. The molecule has 2 N–H and O–H groups in total. The second-order valence-electron chi connectivity index (χ2n) is 8.20. The van der Waals surface area contributed by atoms with E-state index in [1.807, 2.05) is 0 Å². The fourth-order valence-electron chi connectivity index (χ4n) is 4.71. The Hall–Kier alpha value is -2.72. The van der Waals surface area contributed by atoms with Crippen molar-refractivity contribution in [3.8, 4) is 10.4 Å². The van der Waals surface area contributed by atoms with E-state index < -0.39 is 39.4 Å². The van der Waals surface area contributed by atoms with Crippen LogP contribution in [0.2, 0.25) is 5.02 Å². The molecule has 3 aromatic rings. The standard InChI is InChI=1S/C23H19ClN2O5S2/c24-17-8-6-15(7-9-17)18-10-11-20(32-18)33(30,31)26-12-19(27)25-14-22(13-23(22,26)21(28)29)16-4-2-1-3-5-16/h1-11H,12-14H2,(H,25,27)(H,28,29)/t22-,23+/m1/s1. The number of halogens is 1. The number of hydrogen-bond acceptors (Lipinski definition) is 5. The van der Waals surface area contributed by atoms with Crippen molar-refractivity contribution in [1.82, 2.24) is 9.62 Å². The Morgan fingerprint density at radius 2 is 1.76 bits per heavy atom. The molecule has 2 aliphatic rings. The maximum absolute atomic E-state index is 13.8.